The van der Waals surface area contributed by atoms with Gasteiger partial charge in [0.15, 0.2) is 0 Å². The van der Waals surface area contributed by atoms with Gasteiger partial charge in [0.1, 0.15) is 6.04 Å². The third-order valence-corrected chi connectivity index (χ3v) is 5.95. The quantitative estimate of drug-likeness (QED) is 0.864. The summed E-state index contributed by atoms with van der Waals surface area (Å²) < 4.78 is 0. The molecule has 5 heteroatoms. The first-order chi connectivity index (χ1) is 9.56. The van der Waals surface area contributed by atoms with Crippen LogP contribution in [0.3, 0.4) is 0 Å². The third kappa shape index (κ3) is 3.30. The summed E-state index contributed by atoms with van der Waals surface area (Å²) in [6.45, 7) is 4.35. The lowest BCUT2D eigenvalue weighted by Gasteiger charge is -2.42. The molecule has 1 saturated carbocycles. The molecule has 0 aromatic carbocycles. The molecule has 2 aliphatic rings. The SMILES string of the molecule is CCC(C)C1NC(=O)CN(C2CCC(SC)CC2)C1=O. The molecule has 114 valence electrons. The van der Waals surface area contributed by atoms with E-state index in [1.165, 1.54) is 0 Å². The van der Waals surface area contributed by atoms with Crippen molar-refractivity contribution in [2.75, 3.05) is 12.8 Å². The molecular weight excluding hydrogens is 272 g/mol. The van der Waals surface area contributed by atoms with Crippen LogP contribution in [-0.4, -0.2) is 46.8 Å². The van der Waals surface area contributed by atoms with E-state index < -0.39 is 0 Å². The summed E-state index contributed by atoms with van der Waals surface area (Å²) in [4.78, 5) is 26.4. The second-order valence-corrected chi connectivity index (χ2v) is 7.20. The van der Waals surface area contributed by atoms with Gasteiger partial charge in [0.2, 0.25) is 11.8 Å². The van der Waals surface area contributed by atoms with Crippen molar-refractivity contribution in [2.24, 2.45) is 5.92 Å². The van der Waals surface area contributed by atoms with E-state index in [9.17, 15) is 9.59 Å². The van der Waals surface area contributed by atoms with Crippen LogP contribution in [0, 0.1) is 5.92 Å². The molecule has 0 radical (unpaired) electrons. The lowest BCUT2D eigenvalue weighted by molar-refractivity contribution is -0.148. The number of amides is 2. The standard InChI is InChI=1S/C15H26N2O2S/c1-4-10(2)14-15(19)17(9-13(18)16-14)11-5-7-12(20-3)8-6-11/h10-12,14H,4-9H2,1-3H3,(H,16,18). The number of carbonyl (C=O) groups is 2. The molecule has 0 bridgehead atoms. The maximum Gasteiger partial charge on any atom is 0.246 e. The normalized spacial score (nSPS) is 33.0. The first-order valence-electron chi connectivity index (χ1n) is 7.69. The summed E-state index contributed by atoms with van der Waals surface area (Å²) in [6, 6.07) is -0.0528. The fraction of sp³-hybridized carbons (Fsp3) is 0.867. The van der Waals surface area contributed by atoms with Crippen molar-refractivity contribution < 1.29 is 9.59 Å². The van der Waals surface area contributed by atoms with Gasteiger partial charge < -0.3 is 10.2 Å². The summed E-state index contributed by atoms with van der Waals surface area (Å²) in [5.41, 5.74) is 0. The van der Waals surface area contributed by atoms with Gasteiger partial charge in [0.25, 0.3) is 0 Å². The van der Waals surface area contributed by atoms with Crippen LogP contribution >= 0.6 is 11.8 Å². The Morgan fingerprint density at radius 1 is 1.30 bits per heavy atom. The van der Waals surface area contributed by atoms with Gasteiger partial charge in [-0.1, -0.05) is 20.3 Å². The minimum Gasteiger partial charge on any atom is -0.342 e. The molecule has 2 amide bonds. The van der Waals surface area contributed by atoms with Gasteiger partial charge in [0, 0.05) is 11.3 Å². The Kier molecular flexibility index (Phi) is 5.35. The van der Waals surface area contributed by atoms with Gasteiger partial charge >= 0.3 is 0 Å². The van der Waals surface area contributed by atoms with E-state index in [2.05, 4.69) is 18.5 Å². The second kappa shape index (κ2) is 6.83. The summed E-state index contributed by atoms with van der Waals surface area (Å²) >= 11 is 1.92. The first-order valence-corrected chi connectivity index (χ1v) is 8.98. The molecule has 4 nitrogen and oxygen atoms in total. The van der Waals surface area contributed by atoms with E-state index in [4.69, 9.17) is 0 Å². The van der Waals surface area contributed by atoms with Crippen LogP contribution in [0.25, 0.3) is 0 Å². The molecule has 1 heterocycles. The number of piperazine rings is 1. The van der Waals surface area contributed by atoms with E-state index in [1.807, 2.05) is 23.6 Å². The lowest BCUT2D eigenvalue weighted by Crippen LogP contribution is -2.62. The number of hydrogen-bond acceptors (Lipinski definition) is 3. The highest BCUT2D eigenvalue weighted by molar-refractivity contribution is 7.99. The van der Waals surface area contributed by atoms with Crippen LogP contribution in [0.1, 0.15) is 46.0 Å². The highest BCUT2D eigenvalue weighted by Gasteiger charge is 2.39. The highest BCUT2D eigenvalue weighted by Crippen LogP contribution is 2.31. The molecule has 1 aliphatic carbocycles. The number of hydrogen-bond donors (Lipinski definition) is 1. The van der Waals surface area contributed by atoms with Crippen LogP contribution in [-0.2, 0) is 9.59 Å². The Morgan fingerprint density at radius 2 is 1.95 bits per heavy atom. The number of nitrogens with one attached hydrogen (secondary N) is 1. The predicted octanol–water partition coefficient (Wildman–Crippen LogP) is 2.03. The minimum atomic E-state index is -0.320. The fourth-order valence-corrected chi connectivity index (χ4v) is 3.96. The average molecular weight is 298 g/mol. The van der Waals surface area contributed by atoms with E-state index in [1.54, 1.807) is 0 Å². The number of carbonyl (C=O) groups excluding carboxylic acids is 2. The molecule has 2 atom stereocenters. The van der Waals surface area contributed by atoms with Crippen molar-refractivity contribution in [2.45, 2.75) is 63.3 Å². The van der Waals surface area contributed by atoms with E-state index in [0.717, 1.165) is 37.4 Å². The van der Waals surface area contributed by atoms with Crippen LogP contribution < -0.4 is 5.32 Å². The summed E-state index contributed by atoms with van der Waals surface area (Å²) in [5.74, 6) is 0.338. The predicted molar refractivity (Wildman–Crippen MR) is 82.7 cm³/mol. The van der Waals surface area contributed by atoms with Gasteiger partial charge in [-0.15, -0.1) is 0 Å². The van der Waals surface area contributed by atoms with Crippen molar-refractivity contribution in [3.63, 3.8) is 0 Å². The van der Waals surface area contributed by atoms with Gasteiger partial charge in [-0.05, 0) is 37.9 Å². The molecule has 20 heavy (non-hydrogen) atoms. The van der Waals surface area contributed by atoms with Gasteiger partial charge in [-0.3, -0.25) is 9.59 Å². The maximum absolute atomic E-state index is 12.6. The minimum absolute atomic E-state index is 0.00175. The van der Waals surface area contributed by atoms with Gasteiger partial charge in [0.05, 0.1) is 6.54 Å². The Labute approximate surface area is 126 Å². The Balaban J connectivity index is 2.03. The topological polar surface area (TPSA) is 49.4 Å². The zero-order valence-corrected chi connectivity index (χ0v) is 13.5. The number of thioether (sulfide) groups is 1. The molecule has 1 saturated heterocycles. The van der Waals surface area contributed by atoms with Crippen molar-refractivity contribution in [3.8, 4) is 0 Å². The van der Waals surface area contributed by atoms with Gasteiger partial charge in [-0.2, -0.15) is 11.8 Å². The number of nitrogens with zero attached hydrogens (tertiary/aromatic N) is 1. The van der Waals surface area contributed by atoms with Crippen molar-refractivity contribution >= 4 is 23.6 Å². The maximum atomic E-state index is 12.6. The van der Waals surface area contributed by atoms with Crippen LogP contribution in [0.4, 0.5) is 0 Å². The zero-order valence-electron chi connectivity index (χ0n) is 12.7. The molecule has 0 spiro atoms. The molecule has 2 rings (SSSR count). The molecule has 1 N–H and O–H groups in total. The monoisotopic (exact) mass is 298 g/mol. The van der Waals surface area contributed by atoms with Crippen LogP contribution in [0.5, 0.6) is 0 Å². The van der Waals surface area contributed by atoms with E-state index in [-0.39, 0.29) is 36.4 Å². The van der Waals surface area contributed by atoms with Crippen LogP contribution in [0.2, 0.25) is 0 Å². The lowest BCUT2D eigenvalue weighted by atomic mass is 9.90. The van der Waals surface area contributed by atoms with Gasteiger partial charge in [-0.25, -0.2) is 0 Å². The molecule has 2 unspecified atom stereocenters. The Morgan fingerprint density at radius 3 is 2.50 bits per heavy atom. The fourth-order valence-electron chi connectivity index (χ4n) is 3.22. The molecule has 0 aromatic heterocycles. The smallest absolute Gasteiger partial charge is 0.246 e. The Hall–Kier alpha value is -0.710. The molecule has 2 fully saturated rings. The van der Waals surface area contributed by atoms with Crippen molar-refractivity contribution in [1.82, 2.24) is 10.2 Å². The molecule has 0 aromatic rings. The average Bonchev–Trinajstić information content (AvgIpc) is 2.48. The molecular formula is C15H26N2O2S. The number of rotatable bonds is 4. The highest BCUT2D eigenvalue weighted by atomic mass is 32.2. The van der Waals surface area contributed by atoms with Crippen LogP contribution in [0.15, 0.2) is 0 Å². The van der Waals surface area contributed by atoms with Crippen molar-refractivity contribution in [1.29, 1.82) is 0 Å². The van der Waals surface area contributed by atoms with E-state index >= 15 is 0 Å². The Bertz CT molecular complexity index is 367. The third-order valence-electron chi connectivity index (χ3n) is 4.81. The van der Waals surface area contributed by atoms with E-state index in [0.29, 0.717) is 0 Å². The summed E-state index contributed by atoms with van der Waals surface area (Å²) in [5, 5.41) is 3.60. The zero-order chi connectivity index (χ0) is 14.7. The summed E-state index contributed by atoms with van der Waals surface area (Å²) in [6.07, 6.45) is 7.46. The second-order valence-electron chi connectivity index (χ2n) is 6.06. The summed E-state index contributed by atoms with van der Waals surface area (Å²) in [7, 11) is 0. The first kappa shape index (κ1) is 15.7. The largest absolute Gasteiger partial charge is 0.342 e. The molecule has 1 aliphatic heterocycles. The van der Waals surface area contributed by atoms with Crippen molar-refractivity contribution in [3.05, 3.63) is 0 Å².